The van der Waals surface area contributed by atoms with Gasteiger partial charge in [-0.1, -0.05) is 0 Å². The molecular formula is C17H25N3O3. The van der Waals surface area contributed by atoms with E-state index in [1.54, 1.807) is 17.0 Å². The predicted octanol–water partition coefficient (Wildman–Crippen LogP) is 1.39. The zero-order valence-electron chi connectivity index (χ0n) is 13.4. The molecule has 0 aliphatic carbocycles. The van der Waals surface area contributed by atoms with Gasteiger partial charge in [-0.2, -0.15) is 0 Å². The van der Waals surface area contributed by atoms with Crippen molar-refractivity contribution in [3.8, 4) is 0 Å². The molecule has 0 aromatic carbocycles. The first kappa shape index (κ1) is 16.1. The normalized spacial score (nSPS) is 24.6. The van der Waals surface area contributed by atoms with E-state index in [2.05, 4.69) is 10.6 Å². The number of carbonyl (C=O) groups excluding carboxylic acids is 2. The Morgan fingerprint density at radius 2 is 2.26 bits per heavy atom. The molecule has 0 radical (unpaired) electrons. The van der Waals surface area contributed by atoms with Gasteiger partial charge in [0.15, 0.2) is 5.76 Å². The van der Waals surface area contributed by atoms with E-state index in [4.69, 9.17) is 4.42 Å². The van der Waals surface area contributed by atoms with Gasteiger partial charge in [0.25, 0.3) is 5.91 Å². The molecule has 0 bridgehead atoms. The summed E-state index contributed by atoms with van der Waals surface area (Å²) in [6.07, 6.45) is 6.31. The van der Waals surface area contributed by atoms with Gasteiger partial charge in [-0.05, 0) is 63.2 Å². The number of amides is 2. The van der Waals surface area contributed by atoms with Crippen LogP contribution in [0.1, 0.15) is 42.7 Å². The van der Waals surface area contributed by atoms with Crippen molar-refractivity contribution >= 4 is 11.8 Å². The van der Waals surface area contributed by atoms with E-state index in [0.29, 0.717) is 24.8 Å². The maximum absolute atomic E-state index is 12.5. The Morgan fingerprint density at radius 1 is 1.35 bits per heavy atom. The van der Waals surface area contributed by atoms with Crippen molar-refractivity contribution in [1.29, 1.82) is 0 Å². The van der Waals surface area contributed by atoms with E-state index < -0.39 is 0 Å². The summed E-state index contributed by atoms with van der Waals surface area (Å²) in [5.74, 6) is 0.745. The maximum atomic E-state index is 12.5. The third-order valence-electron chi connectivity index (χ3n) is 4.81. The maximum Gasteiger partial charge on any atom is 0.290 e. The highest BCUT2D eigenvalue weighted by Gasteiger charge is 2.33. The number of rotatable bonds is 5. The number of carbonyl (C=O) groups is 2. The molecule has 0 spiro atoms. The van der Waals surface area contributed by atoms with Crippen LogP contribution in [0.5, 0.6) is 0 Å². The van der Waals surface area contributed by atoms with Gasteiger partial charge in [-0.15, -0.1) is 0 Å². The molecule has 23 heavy (non-hydrogen) atoms. The summed E-state index contributed by atoms with van der Waals surface area (Å²) in [5, 5.41) is 6.35. The summed E-state index contributed by atoms with van der Waals surface area (Å²) in [7, 11) is 0. The van der Waals surface area contributed by atoms with Crippen LogP contribution >= 0.6 is 0 Å². The summed E-state index contributed by atoms with van der Waals surface area (Å²) >= 11 is 0. The fourth-order valence-corrected chi connectivity index (χ4v) is 3.47. The molecule has 2 aliphatic heterocycles. The first-order chi connectivity index (χ1) is 11.3. The largest absolute Gasteiger partial charge is 0.459 e. The second-order valence-electron chi connectivity index (χ2n) is 6.43. The lowest BCUT2D eigenvalue weighted by molar-refractivity contribution is -0.126. The third-order valence-corrected chi connectivity index (χ3v) is 4.81. The van der Waals surface area contributed by atoms with Gasteiger partial charge in [0.05, 0.1) is 6.26 Å². The van der Waals surface area contributed by atoms with Crippen LogP contribution in [0.2, 0.25) is 0 Å². The van der Waals surface area contributed by atoms with Crippen molar-refractivity contribution in [2.24, 2.45) is 5.92 Å². The first-order valence-electron chi connectivity index (χ1n) is 8.58. The SMILES string of the molecule is O=C(NCCC1CCNC1)C1CCCCN1C(=O)c1ccco1. The molecule has 6 nitrogen and oxygen atoms in total. The lowest BCUT2D eigenvalue weighted by Gasteiger charge is -2.34. The van der Waals surface area contributed by atoms with E-state index in [-0.39, 0.29) is 17.9 Å². The summed E-state index contributed by atoms with van der Waals surface area (Å²) < 4.78 is 5.20. The van der Waals surface area contributed by atoms with Gasteiger partial charge in [0.1, 0.15) is 6.04 Å². The van der Waals surface area contributed by atoms with Crippen molar-refractivity contribution in [3.63, 3.8) is 0 Å². The molecule has 2 N–H and O–H groups in total. The summed E-state index contributed by atoms with van der Waals surface area (Å²) in [5.41, 5.74) is 0. The van der Waals surface area contributed by atoms with Gasteiger partial charge in [0, 0.05) is 13.1 Å². The molecule has 3 heterocycles. The van der Waals surface area contributed by atoms with Crippen LogP contribution in [-0.4, -0.2) is 48.9 Å². The molecule has 1 aromatic rings. The Bertz CT molecular complexity index is 523. The van der Waals surface area contributed by atoms with E-state index in [9.17, 15) is 9.59 Å². The van der Waals surface area contributed by atoms with E-state index in [1.165, 1.54) is 12.7 Å². The molecule has 3 rings (SSSR count). The molecule has 1 aromatic heterocycles. The third kappa shape index (κ3) is 3.93. The average molecular weight is 319 g/mol. The Kier molecular flexibility index (Phi) is 5.33. The van der Waals surface area contributed by atoms with Gasteiger partial charge in [0.2, 0.25) is 5.91 Å². The molecule has 126 valence electrons. The molecule has 2 atom stereocenters. The summed E-state index contributed by atoms with van der Waals surface area (Å²) in [6.45, 7) is 3.42. The number of likely N-dealkylation sites (tertiary alicyclic amines) is 1. The van der Waals surface area contributed by atoms with Crippen molar-refractivity contribution in [2.75, 3.05) is 26.2 Å². The Labute approximate surface area is 136 Å². The number of nitrogens with zero attached hydrogens (tertiary/aromatic N) is 1. The van der Waals surface area contributed by atoms with Crippen LogP contribution < -0.4 is 10.6 Å². The highest BCUT2D eigenvalue weighted by Crippen LogP contribution is 2.20. The van der Waals surface area contributed by atoms with Crippen molar-refractivity contribution in [2.45, 2.75) is 38.1 Å². The summed E-state index contributed by atoms with van der Waals surface area (Å²) in [4.78, 5) is 26.7. The Hall–Kier alpha value is -1.82. The second kappa shape index (κ2) is 7.64. The molecule has 2 amide bonds. The number of piperidine rings is 1. The van der Waals surface area contributed by atoms with Crippen LogP contribution in [0, 0.1) is 5.92 Å². The van der Waals surface area contributed by atoms with Crippen molar-refractivity contribution < 1.29 is 14.0 Å². The minimum Gasteiger partial charge on any atom is -0.459 e. The highest BCUT2D eigenvalue weighted by molar-refractivity contribution is 5.95. The van der Waals surface area contributed by atoms with Crippen LogP contribution in [0.25, 0.3) is 0 Å². The minimum atomic E-state index is -0.372. The zero-order chi connectivity index (χ0) is 16.1. The van der Waals surface area contributed by atoms with Crippen LogP contribution in [0.4, 0.5) is 0 Å². The number of furan rings is 1. The predicted molar refractivity (Wildman–Crippen MR) is 86.0 cm³/mol. The topological polar surface area (TPSA) is 74.6 Å². The van der Waals surface area contributed by atoms with E-state index in [1.807, 2.05) is 0 Å². The molecular weight excluding hydrogens is 294 g/mol. The smallest absolute Gasteiger partial charge is 0.290 e. The highest BCUT2D eigenvalue weighted by atomic mass is 16.3. The summed E-state index contributed by atoms with van der Waals surface area (Å²) in [6, 6.07) is 2.98. The molecule has 2 aliphatic rings. The fraction of sp³-hybridized carbons (Fsp3) is 0.647. The minimum absolute atomic E-state index is 0.0319. The van der Waals surface area contributed by atoms with Crippen molar-refractivity contribution in [1.82, 2.24) is 15.5 Å². The number of hydrogen-bond acceptors (Lipinski definition) is 4. The molecule has 6 heteroatoms. The van der Waals surface area contributed by atoms with E-state index >= 15 is 0 Å². The van der Waals surface area contributed by atoms with Crippen LogP contribution in [0.15, 0.2) is 22.8 Å². The second-order valence-corrected chi connectivity index (χ2v) is 6.43. The van der Waals surface area contributed by atoms with E-state index in [0.717, 1.165) is 38.8 Å². The Morgan fingerprint density at radius 3 is 3.00 bits per heavy atom. The quantitative estimate of drug-likeness (QED) is 0.860. The molecule has 2 unspecified atom stereocenters. The van der Waals surface area contributed by atoms with Crippen LogP contribution in [0.3, 0.4) is 0 Å². The fourth-order valence-electron chi connectivity index (χ4n) is 3.47. The van der Waals surface area contributed by atoms with Gasteiger partial charge < -0.3 is 20.0 Å². The molecule has 2 saturated heterocycles. The van der Waals surface area contributed by atoms with Crippen molar-refractivity contribution in [3.05, 3.63) is 24.2 Å². The Balaban J connectivity index is 1.54. The molecule has 0 saturated carbocycles. The number of hydrogen-bond donors (Lipinski definition) is 2. The van der Waals surface area contributed by atoms with Gasteiger partial charge in [-0.25, -0.2) is 0 Å². The van der Waals surface area contributed by atoms with Gasteiger partial charge >= 0.3 is 0 Å². The standard InChI is InChI=1S/C17H25N3O3/c21-16(19-9-7-13-6-8-18-12-13)14-4-1-2-10-20(14)17(22)15-5-3-11-23-15/h3,5,11,13-14,18H,1-2,4,6-10,12H2,(H,19,21). The molecule has 2 fully saturated rings. The van der Waals surface area contributed by atoms with Crippen LogP contribution in [-0.2, 0) is 4.79 Å². The lowest BCUT2D eigenvalue weighted by Crippen LogP contribution is -2.52. The first-order valence-corrected chi connectivity index (χ1v) is 8.58. The van der Waals surface area contributed by atoms with Gasteiger partial charge in [-0.3, -0.25) is 9.59 Å². The zero-order valence-corrected chi connectivity index (χ0v) is 13.4. The lowest BCUT2D eigenvalue weighted by atomic mass is 10.0. The monoisotopic (exact) mass is 319 g/mol. The number of nitrogens with one attached hydrogen (secondary N) is 2. The average Bonchev–Trinajstić information content (AvgIpc) is 3.27.